The first kappa shape index (κ1) is 13.6. The van der Waals surface area contributed by atoms with Gasteiger partial charge < -0.3 is 10.1 Å². The lowest BCUT2D eigenvalue weighted by molar-refractivity contribution is -0.141. The molecule has 0 saturated carbocycles. The lowest BCUT2D eigenvalue weighted by atomic mass is 10.1. The molecule has 0 radical (unpaired) electrons. The van der Waals surface area contributed by atoms with E-state index in [1.807, 2.05) is 0 Å². The van der Waals surface area contributed by atoms with Crippen molar-refractivity contribution >= 4 is 0 Å². The van der Waals surface area contributed by atoms with Crippen LogP contribution in [0.1, 0.15) is 24.1 Å². The van der Waals surface area contributed by atoms with Gasteiger partial charge in [-0.1, -0.05) is 0 Å². The van der Waals surface area contributed by atoms with Crippen molar-refractivity contribution in [1.82, 2.24) is 10.3 Å². The maximum atomic E-state index is 12.6. The number of nitriles is 1. The van der Waals surface area contributed by atoms with Crippen molar-refractivity contribution in [3.8, 4) is 11.9 Å². The van der Waals surface area contributed by atoms with E-state index in [9.17, 15) is 13.2 Å². The molecule has 2 rings (SSSR count). The molecule has 0 amide bonds. The van der Waals surface area contributed by atoms with E-state index in [0.717, 1.165) is 25.2 Å². The molecule has 7 heteroatoms. The summed E-state index contributed by atoms with van der Waals surface area (Å²) < 4.78 is 43.2. The van der Waals surface area contributed by atoms with Crippen LogP contribution in [0.3, 0.4) is 0 Å². The fraction of sp³-hybridized carbons (Fsp3) is 0.500. The first-order chi connectivity index (χ1) is 9.00. The van der Waals surface area contributed by atoms with Crippen LogP contribution in [0.25, 0.3) is 0 Å². The van der Waals surface area contributed by atoms with E-state index in [4.69, 9.17) is 10.00 Å². The number of alkyl halides is 3. The highest BCUT2D eigenvalue weighted by Crippen LogP contribution is 2.30. The average molecular weight is 271 g/mol. The molecule has 1 aromatic rings. The lowest BCUT2D eigenvalue weighted by Crippen LogP contribution is -2.34. The largest absolute Gasteiger partial charge is 0.473 e. The molecule has 4 nitrogen and oxygen atoms in total. The van der Waals surface area contributed by atoms with Crippen LogP contribution in [-0.4, -0.2) is 24.2 Å². The second kappa shape index (κ2) is 5.45. The molecule has 1 saturated heterocycles. The molecule has 0 unspecified atom stereocenters. The number of ether oxygens (including phenoxy) is 1. The zero-order valence-electron chi connectivity index (χ0n) is 10.00. The van der Waals surface area contributed by atoms with Crippen molar-refractivity contribution in [2.24, 2.45) is 0 Å². The van der Waals surface area contributed by atoms with Crippen LogP contribution < -0.4 is 10.1 Å². The van der Waals surface area contributed by atoms with Gasteiger partial charge in [0.1, 0.15) is 23.4 Å². The molecule has 102 valence electrons. The smallest absolute Gasteiger partial charge is 0.433 e. The van der Waals surface area contributed by atoms with Gasteiger partial charge in [-0.25, -0.2) is 4.98 Å². The normalized spacial score (nSPS) is 16.9. The summed E-state index contributed by atoms with van der Waals surface area (Å²) in [5.74, 6) is -0.232. The molecule has 0 atom stereocenters. The maximum Gasteiger partial charge on any atom is 0.433 e. The molecule has 1 aliphatic heterocycles. The summed E-state index contributed by atoms with van der Waals surface area (Å²) in [6, 6.07) is 3.67. The highest BCUT2D eigenvalue weighted by Gasteiger charge is 2.33. The number of halogens is 3. The van der Waals surface area contributed by atoms with Gasteiger partial charge in [0, 0.05) is 0 Å². The molecule has 1 aliphatic rings. The fourth-order valence-corrected chi connectivity index (χ4v) is 1.84. The van der Waals surface area contributed by atoms with E-state index < -0.39 is 11.9 Å². The topological polar surface area (TPSA) is 57.9 Å². The van der Waals surface area contributed by atoms with Crippen molar-refractivity contribution in [3.05, 3.63) is 23.4 Å². The van der Waals surface area contributed by atoms with Gasteiger partial charge in [0.2, 0.25) is 5.88 Å². The number of nitrogens with one attached hydrogen (secondary N) is 1. The van der Waals surface area contributed by atoms with Gasteiger partial charge >= 0.3 is 6.18 Å². The molecular weight excluding hydrogens is 259 g/mol. The Balaban J connectivity index is 2.23. The predicted octanol–water partition coefficient (Wildman–Crippen LogP) is 2.10. The zero-order chi connectivity index (χ0) is 13.9. The molecule has 2 heterocycles. The summed E-state index contributed by atoms with van der Waals surface area (Å²) in [7, 11) is 0. The summed E-state index contributed by atoms with van der Waals surface area (Å²) in [4.78, 5) is 3.42. The van der Waals surface area contributed by atoms with Gasteiger partial charge in [-0.15, -0.1) is 0 Å². The van der Waals surface area contributed by atoms with Crippen molar-refractivity contribution in [2.75, 3.05) is 13.1 Å². The summed E-state index contributed by atoms with van der Waals surface area (Å²) in [5, 5.41) is 12.0. The first-order valence-electron chi connectivity index (χ1n) is 5.86. The van der Waals surface area contributed by atoms with E-state index in [1.54, 1.807) is 6.07 Å². The molecule has 0 bridgehead atoms. The van der Waals surface area contributed by atoms with Crippen LogP contribution in [-0.2, 0) is 6.18 Å². The Morgan fingerprint density at radius 3 is 2.58 bits per heavy atom. The van der Waals surface area contributed by atoms with E-state index in [0.29, 0.717) is 12.8 Å². The third-order valence-electron chi connectivity index (χ3n) is 2.84. The predicted molar refractivity (Wildman–Crippen MR) is 60.5 cm³/mol. The number of pyridine rings is 1. The Labute approximate surface area is 108 Å². The highest BCUT2D eigenvalue weighted by molar-refractivity contribution is 5.39. The van der Waals surface area contributed by atoms with Gasteiger partial charge in [0.25, 0.3) is 0 Å². The number of hydrogen-bond donors (Lipinski definition) is 1. The van der Waals surface area contributed by atoms with E-state index in [-0.39, 0.29) is 17.5 Å². The van der Waals surface area contributed by atoms with Crippen LogP contribution in [0.2, 0.25) is 0 Å². The van der Waals surface area contributed by atoms with Crippen LogP contribution in [0.15, 0.2) is 12.1 Å². The van der Waals surface area contributed by atoms with Gasteiger partial charge in [0.15, 0.2) is 0 Å². The summed E-state index contributed by atoms with van der Waals surface area (Å²) in [6.45, 7) is 1.48. The average Bonchev–Trinajstić information content (AvgIpc) is 2.39. The van der Waals surface area contributed by atoms with Gasteiger partial charge in [0.05, 0.1) is 0 Å². The maximum absolute atomic E-state index is 12.6. The second-order valence-electron chi connectivity index (χ2n) is 4.23. The summed E-state index contributed by atoms with van der Waals surface area (Å²) in [5.41, 5.74) is -1.03. The van der Waals surface area contributed by atoms with Crippen LogP contribution in [0.5, 0.6) is 5.88 Å². The Kier molecular flexibility index (Phi) is 3.90. The number of nitrogens with zero attached hydrogens (tertiary/aromatic N) is 2. The van der Waals surface area contributed by atoms with Crippen molar-refractivity contribution in [3.63, 3.8) is 0 Å². The van der Waals surface area contributed by atoms with Crippen molar-refractivity contribution in [1.29, 1.82) is 5.26 Å². The van der Waals surface area contributed by atoms with E-state index >= 15 is 0 Å². The van der Waals surface area contributed by atoms with Gasteiger partial charge in [-0.2, -0.15) is 18.4 Å². The first-order valence-corrected chi connectivity index (χ1v) is 5.86. The monoisotopic (exact) mass is 271 g/mol. The Morgan fingerprint density at radius 2 is 2.00 bits per heavy atom. The van der Waals surface area contributed by atoms with Gasteiger partial charge in [-0.3, -0.25) is 0 Å². The third kappa shape index (κ3) is 3.35. The van der Waals surface area contributed by atoms with Gasteiger partial charge in [-0.05, 0) is 38.1 Å². The number of aromatic nitrogens is 1. The minimum Gasteiger partial charge on any atom is -0.473 e. The van der Waals surface area contributed by atoms with E-state index in [1.165, 1.54) is 0 Å². The standard InChI is InChI=1S/C12H12F3N3O/c13-12(14,15)10-2-1-8(7-16)11(18-10)19-9-3-5-17-6-4-9/h1-2,9,17H,3-6H2. The molecule has 0 aliphatic carbocycles. The lowest BCUT2D eigenvalue weighted by Gasteiger charge is -2.23. The SMILES string of the molecule is N#Cc1ccc(C(F)(F)F)nc1OC1CCNCC1. The molecule has 1 N–H and O–H groups in total. The van der Waals surface area contributed by atoms with Crippen LogP contribution in [0.4, 0.5) is 13.2 Å². The summed E-state index contributed by atoms with van der Waals surface area (Å²) >= 11 is 0. The number of hydrogen-bond acceptors (Lipinski definition) is 4. The Bertz CT molecular complexity index is 490. The zero-order valence-corrected chi connectivity index (χ0v) is 10.00. The second-order valence-corrected chi connectivity index (χ2v) is 4.23. The molecule has 0 spiro atoms. The quantitative estimate of drug-likeness (QED) is 0.895. The minimum absolute atomic E-state index is 0.0199. The summed E-state index contributed by atoms with van der Waals surface area (Å²) in [6.07, 6.45) is -3.38. The fourth-order valence-electron chi connectivity index (χ4n) is 1.84. The molecule has 1 fully saturated rings. The molecule has 19 heavy (non-hydrogen) atoms. The molecule has 0 aromatic carbocycles. The highest BCUT2D eigenvalue weighted by atomic mass is 19.4. The van der Waals surface area contributed by atoms with Crippen LogP contribution >= 0.6 is 0 Å². The Hall–Kier alpha value is -1.81. The molecule has 1 aromatic heterocycles. The number of rotatable bonds is 2. The molecular formula is C12H12F3N3O. The number of piperidine rings is 1. The van der Waals surface area contributed by atoms with Crippen molar-refractivity contribution in [2.45, 2.75) is 25.1 Å². The van der Waals surface area contributed by atoms with Crippen LogP contribution in [0, 0.1) is 11.3 Å². The Morgan fingerprint density at radius 1 is 1.32 bits per heavy atom. The third-order valence-corrected chi connectivity index (χ3v) is 2.84. The van der Waals surface area contributed by atoms with E-state index in [2.05, 4.69) is 10.3 Å². The minimum atomic E-state index is -4.54. The van der Waals surface area contributed by atoms with Crippen molar-refractivity contribution < 1.29 is 17.9 Å².